The summed E-state index contributed by atoms with van der Waals surface area (Å²) >= 11 is 0. The molecule has 0 atom stereocenters. The highest BCUT2D eigenvalue weighted by Crippen LogP contribution is 2.39. The van der Waals surface area contributed by atoms with Gasteiger partial charge >= 0.3 is 0 Å². The first-order valence-corrected chi connectivity index (χ1v) is 15.3. The first-order chi connectivity index (χ1) is 20.5. The van der Waals surface area contributed by atoms with Crippen molar-refractivity contribution in [3.05, 3.63) is 99.1 Å². The highest BCUT2D eigenvalue weighted by Gasteiger charge is 2.30. The minimum Gasteiger partial charge on any atom is -0.354 e. The van der Waals surface area contributed by atoms with Crippen molar-refractivity contribution in [1.29, 1.82) is 0 Å². The lowest BCUT2D eigenvalue weighted by molar-refractivity contribution is -0.384. The Bertz CT molecular complexity index is 1450. The zero-order chi connectivity index (χ0) is 28.9. The van der Waals surface area contributed by atoms with E-state index >= 15 is 0 Å². The molecule has 3 heterocycles. The number of nitro groups is 1. The third-order valence-electron chi connectivity index (χ3n) is 8.67. The molecule has 0 aliphatic carbocycles. The van der Waals surface area contributed by atoms with Crippen molar-refractivity contribution in [3.8, 4) is 0 Å². The molecule has 0 bridgehead atoms. The van der Waals surface area contributed by atoms with Crippen molar-refractivity contribution in [3.63, 3.8) is 0 Å². The number of nitro benzene ring substituents is 1. The van der Waals surface area contributed by atoms with E-state index < -0.39 is 4.92 Å². The number of anilines is 2. The van der Waals surface area contributed by atoms with E-state index in [1.807, 2.05) is 12.1 Å². The second-order valence-electron chi connectivity index (χ2n) is 11.7. The molecule has 218 valence electrons. The Morgan fingerprint density at radius 2 is 1.50 bits per heavy atom. The molecule has 3 aromatic rings. The number of nitrogens with zero attached hydrogens (tertiary/aromatic N) is 3. The Kier molecular flexibility index (Phi) is 8.63. The van der Waals surface area contributed by atoms with Gasteiger partial charge in [0.15, 0.2) is 0 Å². The molecule has 0 radical (unpaired) electrons. The lowest BCUT2D eigenvalue weighted by Gasteiger charge is -2.26. The number of nitrogens with one attached hydrogen (secondary N) is 2. The van der Waals surface area contributed by atoms with E-state index in [-0.39, 0.29) is 11.6 Å². The number of aryl methyl sites for hydroxylation is 1. The lowest BCUT2D eigenvalue weighted by Crippen LogP contribution is -2.30. The summed E-state index contributed by atoms with van der Waals surface area (Å²) in [7, 11) is 0. The van der Waals surface area contributed by atoms with Gasteiger partial charge < -0.3 is 15.5 Å². The van der Waals surface area contributed by atoms with E-state index in [0.29, 0.717) is 22.5 Å². The number of non-ortho nitro benzene ring substituents is 1. The quantitative estimate of drug-likeness (QED) is 0.165. The van der Waals surface area contributed by atoms with Gasteiger partial charge in [-0.05, 0) is 106 Å². The summed E-state index contributed by atoms with van der Waals surface area (Å²) in [6.45, 7) is 6.77. The molecule has 3 aliphatic rings. The maximum absolute atomic E-state index is 13.3. The van der Waals surface area contributed by atoms with Crippen molar-refractivity contribution >= 4 is 34.2 Å². The van der Waals surface area contributed by atoms with Crippen molar-refractivity contribution in [2.75, 3.05) is 43.4 Å². The highest BCUT2D eigenvalue weighted by molar-refractivity contribution is 6.37. The van der Waals surface area contributed by atoms with Crippen LogP contribution in [-0.2, 0) is 17.8 Å². The van der Waals surface area contributed by atoms with Gasteiger partial charge in [0.25, 0.3) is 11.6 Å². The van der Waals surface area contributed by atoms with Crippen LogP contribution in [0.4, 0.5) is 17.1 Å². The fraction of sp³-hybridized carbons (Fsp3) is 0.382. The molecule has 8 heteroatoms. The van der Waals surface area contributed by atoms with Gasteiger partial charge in [-0.3, -0.25) is 19.8 Å². The molecule has 0 unspecified atom stereocenters. The Hall–Kier alpha value is -4.01. The van der Waals surface area contributed by atoms with E-state index in [0.717, 1.165) is 50.3 Å². The average Bonchev–Trinajstić information content (AvgIpc) is 3.64. The number of amides is 1. The molecule has 2 fully saturated rings. The number of hydrogen-bond donors (Lipinski definition) is 2. The van der Waals surface area contributed by atoms with Gasteiger partial charge in [-0.2, -0.15) is 0 Å². The predicted molar refractivity (Wildman–Crippen MR) is 168 cm³/mol. The molecule has 0 saturated carbocycles. The van der Waals surface area contributed by atoms with Crippen molar-refractivity contribution < 1.29 is 9.72 Å². The van der Waals surface area contributed by atoms with Crippen LogP contribution >= 0.6 is 0 Å². The van der Waals surface area contributed by atoms with Gasteiger partial charge in [0.2, 0.25) is 0 Å². The van der Waals surface area contributed by atoms with Crippen LogP contribution in [0.15, 0.2) is 66.7 Å². The Morgan fingerprint density at radius 3 is 2.21 bits per heavy atom. The monoisotopic (exact) mass is 565 g/mol. The van der Waals surface area contributed by atoms with Crippen LogP contribution in [0.3, 0.4) is 0 Å². The molecule has 1 amide bonds. The highest BCUT2D eigenvalue weighted by atomic mass is 16.6. The first-order valence-electron chi connectivity index (χ1n) is 15.3. The Labute approximate surface area is 247 Å². The molecule has 2 N–H and O–H groups in total. The Balaban J connectivity index is 1.27. The van der Waals surface area contributed by atoms with E-state index in [1.54, 1.807) is 6.07 Å². The van der Waals surface area contributed by atoms with Crippen LogP contribution in [0.25, 0.3) is 11.3 Å². The molecule has 42 heavy (non-hydrogen) atoms. The van der Waals surface area contributed by atoms with Crippen LogP contribution in [0.1, 0.15) is 60.8 Å². The second kappa shape index (κ2) is 12.9. The predicted octanol–water partition coefficient (Wildman–Crippen LogP) is 6.54. The van der Waals surface area contributed by atoms with E-state index in [4.69, 9.17) is 0 Å². The number of likely N-dealkylation sites (tertiary alicyclic amines) is 2. The molecule has 3 aromatic carbocycles. The maximum atomic E-state index is 13.3. The van der Waals surface area contributed by atoms with Crippen molar-refractivity contribution in [2.24, 2.45) is 0 Å². The van der Waals surface area contributed by atoms with Crippen molar-refractivity contribution in [2.45, 2.75) is 51.5 Å². The van der Waals surface area contributed by atoms with Crippen LogP contribution in [0.5, 0.6) is 0 Å². The fourth-order valence-electron chi connectivity index (χ4n) is 6.36. The Morgan fingerprint density at radius 1 is 0.833 bits per heavy atom. The van der Waals surface area contributed by atoms with Gasteiger partial charge in [0, 0.05) is 35.6 Å². The largest absolute Gasteiger partial charge is 0.354 e. The summed E-state index contributed by atoms with van der Waals surface area (Å²) in [5, 5.41) is 18.0. The summed E-state index contributed by atoms with van der Waals surface area (Å²) in [5.74, 6) is -0.274. The standard InChI is InChI=1S/C34H39N5O3/c40-34-32(30-23-29(39(41)42)16-17-31(30)36-34)33(35-28-14-10-26(11-15-28)24-38-20-4-5-21-38)27-12-8-25(9-13-27)7-6-22-37-18-2-1-3-19-37/h8-17,23,35H,1-7,18-22,24H2,(H,36,40). The number of carbonyl (C=O) groups is 1. The number of fused-ring (bicyclic) bond motifs is 1. The SMILES string of the molecule is O=C1Nc2ccc([N+](=O)[O-])cc2C1=C(Nc1ccc(CN2CCCC2)cc1)c1ccc(CCCN2CCCCC2)cc1. The first kappa shape index (κ1) is 28.1. The number of piperidine rings is 1. The van der Waals surface area contributed by atoms with Gasteiger partial charge in [0.1, 0.15) is 0 Å². The molecule has 0 aromatic heterocycles. The van der Waals surface area contributed by atoms with Gasteiger partial charge in [-0.25, -0.2) is 0 Å². The minimum atomic E-state index is -0.425. The fourth-order valence-corrected chi connectivity index (χ4v) is 6.36. The van der Waals surface area contributed by atoms with Crippen LogP contribution in [0.2, 0.25) is 0 Å². The molecule has 8 nitrogen and oxygen atoms in total. The molecule has 0 spiro atoms. The summed E-state index contributed by atoms with van der Waals surface area (Å²) in [6.07, 6.45) is 8.60. The number of benzene rings is 3. The number of hydrogen-bond acceptors (Lipinski definition) is 6. The normalized spacial score (nSPS) is 18.5. The van der Waals surface area contributed by atoms with Crippen LogP contribution in [0, 0.1) is 10.1 Å². The van der Waals surface area contributed by atoms with Crippen molar-refractivity contribution in [1.82, 2.24) is 9.80 Å². The molecule has 6 rings (SSSR count). The average molecular weight is 566 g/mol. The zero-order valence-corrected chi connectivity index (χ0v) is 24.1. The lowest BCUT2D eigenvalue weighted by atomic mass is 9.98. The topological polar surface area (TPSA) is 90.7 Å². The molecule has 2 saturated heterocycles. The van der Waals surface area contributed by atoms with Gasteiger partial charge in [-0.15, -0.1) is 0 Å². The summed E-state index contributed by atoms with van der Waals surface area (Å²) in [6, 6.07) is 21.2. The summed E-state index contributed by atoms with van der Waals surface area (Å²) in [4.78, 5) is 29.5. The third kappa shape index (κ3) is 6.55. The smallest absolute Gasteiger partial charge is 0.270 e. The second-order valence-corrected chi connectivity index (χ2v) is 11.7. The van der Waals surface area contributed by atoms with E-state index in [1.165, 1.54) is 68.5 Å². The summed E-state index contributed by atoms with van der Waals surface area (Å²) < 4.78 is 0. The van der Waals surface area contributed by atoms with Gasteiger partial charge in [-0.1, -0.05) is 42.8 Å². The molecular formula is C34H39N5O3. The zero-order valence-electron chi connectivity index (χ0n) is 24.1. The third-order valence-corrected chi connectivity index (χ3v) is 8.67. The molecule has 3 aliphatic heterocycles. The minimum absolute atomic E-state index is 0.0441. The summed E-state index contributed by atoms with van der Waals surface area (Å²) in [5.41, 5.74) is 6.36. The number of carbonyl (C=O) groups excluding carboxylic acids is 1. The van der Waals surface area contributed by atoms with Gasteiger partial charge in [0.05, 0.1) is 16.2 Å². The van der Waals surface area contributed by atoms with Crippen LogP contribution < -0.4 is 10.6 Å². The number of rotatable bonds is 10. The maximum Gasteiger partial charge on any atom is 0.270 e. The van der Waals surface area contributed by atoms with E-state index in [2.05, 4.69) is 56.8 Å². The van der Waals surface area contributed by atoms with E-state index in [9.17, 15) is 14.9 Å². The van der Waals surface area contributed by atoms with Crippen LogP contribution in [-0.4, -0.2) is 53.4 Å². The molecular weight excluding hydrogens is 526 g/mol.